The molecule has 0 bridgehead atoms. The number of halogens is 3. The minimum Gasteiger partial charge on any atom is -0.338 e. The molecule has 0 radical (unpaired) electrons. The molecule has 1 heterocycles. The molecule has 2 aromatic rings. The fourth-order valence-corrected chi connectivity index (χ4v) is 1.21. The highest BCUT2D eigenvalue weighted by molar-refractivity contribution is 5.56. The first-order valence-corrected chi connectivity index (χ1v) is 4.50. The van der Waals surface area contributed by atoms with Crippen molar-refractivity contribution in [2.75, 3.05) is 5.32 Å². The van der Waals surface area contributed by atoms with Gasteiger partial charge in [0.1, 0.15) is 17.5 Å². The van der Waals surface area contributed by atoms with Crippen LogP contribution in [-0.4, -0.2) is 4.98 Å². The Morgan fingerprint density at radius 1 is 1.00 bits per heavy atom. The fraction of sp³-hybridized carbons (Fsp3) is 0. The van der Waals surface area contributed by atoms with Crippen molar-refractivity contribution in [2.45, 2.75) is 0 Å². The first-order chi connectivity index (χ1) is 7.65. The molecule has 5 heteroatoms. The van der Waals surface area contributed by atoms with Gasteiger partial charge in [0.15, 0.2) is 0 Å². The van der Waals surface area contributed by atoms with Crippen molar-refractivity contribution in [1.82, 2.24) is 4.98 Å². The van der Waals surface area contributed by atoms with E-state index in [1.54, 1.807) is 0 Å². The molecule has 0 fully saturated rings. The summed E-state index contributed by atoms with van der Waals surface area (Å²) in [6.07, 6.45) is 0. The van der Waals surface area contributed by atoms with Crippen LogP contribution >= 0.6 is 0 Å². The van der Waals surface area contributed by atoms with Gasteiger partial charge in [-0.15, -0.1) is 0 Å². The summed E-state index contributed by atoms with van der Waals surface area (Å²) in [5.74, 6) is -1.95. The van der Waals surface area contributed by atoms with E-state index in [1.807, 2.05) is 0 Å². The van der Waals surface area contributed by atoms with Crippen LogP contribution in [0.15, 0.2) is 36.4 Å². The van der Waals surface area contributed by atoms with Crippen LogP contribution < -0.4 is 5.32 Å². The molecule has 0 spiro atoms. The summed E-state index contributed by atoms with van der Waals surface area (Å²) in [6.45, 7) is 0. The maximum absolute atomic E-state index is 13.2. The van der Waals surface area contributed by atoms with Crippen LogP contribution in [0, 0.1) is 17.6 Å². The second-order valence-corrected chi connectivity index (χ2v) is 3.09. The fourth-order valence-electron chi connectivity index (χ4n) is 1.21. The lowest BCUT2D eigenvalue weighted by atomic mass is 10.3. The third-order valence-electron chi connectivity index (χ3n) is 1.91. The number of aromatic nitrogens is 1. The number of hydrogen-bond donors (Lipinski definition) is 1. The van der Waals surface area contributed by atoms with Gasteiger partial charge in [0.2, 0.25) is 5.95 Å². The lowest BCUT2D eigenvalue weighted by molar-refractivity contribution is 0.582. The number of anilines is 2. The van der Waals surface area contributed by atoms with Crippen LogP contribution in [0.5, 0.6) is 0 Å². The molecule has 0 aliphatic carbocycles. The van der Waals surface area contributed by atoms with E-state index in [-0.39, 0.29) is 11.5 Å². The predicted octanol–water partition coefficient (Wildman–Crippen LogP) is 3.24. The van der Waals surface area contributed by atoms with Gasteiger partial charge in [-0.05, 0) is 24.3 Å². The van der Waals surface area contributed by atoms with Gasteiger partial charge in [-0.2, -0.15) is 4.39 Å². The van der Waals surface area contributed by atoms with Crippen molar-refractivity contribution < 1.29 is 13.2 Å². The second-order valence-electron chi connectivity index (χ2n) is 3.09. The summed E-state index contributed by atoms with van der Waals surface area (Å²) >= 11 is 0. The molecule has 0 saturated heterocycles. The Labute approximate surface area is 89.8 Å². The largest absolute Gasteiger partial charge is 0.338 e. The quantitative estimate of drug-likeness (QED) is 0.792. The highest BCUT2D eigenvalue weighted by atomic mass is 19.1. The van der Waals surface area contributed by atoms with Gasteiger partial charge >= 0.3 is 0 Å². The maximum Gasteiger partial charge on any atom is 0.214 e. The molecule has 0 saturated carbocycles. The zero-order valence-electron chi connectivity index (χ0n) is 8.05. The molecule has 0 aliphatic heterocycles. The molecule has 0 unspecified atom stereocenters. The van der Waals surface area contributed by atoms with E-state index in [0.29, 0.717) is 0 Å². The van der Waals surface area contributed by atoms with Crippen molar-refractivity contribution in [2.24, 2.45) is 0 Å². The summed E-state index contributed by atoms with van der Waals surface area (Å²) in [5, 5.41) is 2.55. The number of benzene rings is 1. The van der Waals surface area contributed by atoms with Crippen LogP contribution in [0.4, 0.5) is 24.7 Å². The normalized spacial score (nSPS) is 10.2. The molecule has 2 nitrogen and oxygen atoms in total. The smallest absolute Gasteiger partial charge is 0.214 e. The van der Waals surface area contributed by atoms with Gasteiger partial charge in [0.05, 0.1) is 5.69 Å². The van der Waals surface area contributed by atoms with Gasteiger partial charge in [0, 0.05) is 6.07 Å². The third-order valence-corrected chi connectivity index (χ3v) is 1.91. The zero-order valence-corrected chi connectivity index (χ0v) is 8.05. The van der Waals surface area contributed by atoms with E-state index in [2.05, 4.69) is 10.3 Å². The van der Waals surface area contributed by atoms with Crippen molar-refractivity contribution in [3.05, 3.63) is 54.0 Å². The molecule has 0 aliphatic rings. The van der Waals surface area contributed by atoms with Crippen molar-refractivity contribution in [1.29, 1.82) is 0 Å². The third kappa shape index (κ3) is 2.31. The van der Waals surface area contributed by atoms with Gasteiger partial charge in [-0.25, -0.2) is 13.8 Å². The summed E-state index contributed by atoms with van der Waals surface area (Å²) in [7, 11) is 0. The van der Waals surface area contributed by atoms with Crippen molar-refractivity contribution in [3.8, 4) is 0 Å². The monoisotopic (exact) mass is 224 g/mol. The summed E-state index contributed by atoms with van der Waals surface area (Å²) in [6, 6.07) is 7.15. The molecule has 1 N–H and O–H groups in total. The Morgan fingerprint density at radius 3 is 2.50 bits per heavy atom. The molecular weight excluding hydrogens is 217 g/mol. The Balaban J connectivity index is 2.27. The van der Waals surface area contributed by atoms with Gasteiger partial charge in [0.25, 0.3) is 0 Å². The van der Waals surface area contributed by atoms with E-state index in [1.165, 1.54) is 24.3 Å². The lowest BCUT2D eigenvalue weighted by Gasteiger charge is -2.06. The number of rotatable bonds is 2. The van der Waals surface area contributed by atoms with Crippen LogP contribution in [0.3, 0.4) is 0 Å². The second kappa shape index (κ2) is 4.22. The number of hydrogen-bond acceptors (Lipinski definition) is 2. The molecule has 1 aromatic carbocycles. The van der Waals surface area contributed by atoms with E-state index in [4.69, 9.17) is 0 Å². The van der Waals surface area contributed by atoms with Crippen LogP contribution in [0.1, 0.15) is 0 Å². The maximum atomic E-state index is 13.2. The number of nitrogens with one attached hydrogen (secondary N) is 1. The Morgan fingerprint density at radius 2 is 1.81 bits per heavy atom. The van der Waals surface area contributed by atoms with Gasteiger partial charge in [-0.1, -0.05) is 6.07 Å². The molecule has 0 amide bonds. The van der Waals surface area contributed by atoms with Crippen LogP contribution in [-0.2, 0) is 0 Å². The van der Waals surface area contributed by atoms with Crippen molar-refractivity contribution >= 4 is 11.5 Å². The molecular formula is C11H7F3N2. The first kappa shape index (κ1) is 10.5. The SMILES string of the molecule is Fc1ccc(Nc2cccc(F)n2)c(F)c1. The topological polar surface area (TPSA) is 24.9 Å². The van der Waals surface area contributed by atoms with Crippen LogP contribution in [0.25, 0.3) is 0 Å². The molecule has 1 aromatic heterocycles. The molecule has 2 rings (SSSR count). The average molecular weight is 224 g/mol. The van der Waals surface area contributed by atoms with Crippen LogP contribution in [0.2, 0.25) is 0 Å². The summed E-state index contributed by atoms with van der Waals surface area (Å²) in [4.78, 5) is 3.49. The highest BCUT2D eigenvalue weighted by Crippen LogP contribution is 2.19. The van der Waals surface area contributed by atoms with Crippen molar-refractivity contribution in [3.63, 3.8) is 0 Å². The summed E-state index contributed by atoms with van der Waals surface area (Å²) in [5.41, 5.74) is 0.0412. The van der Waals surface area contributed by atoms with Gasteiger partial charge < -0.3 is 5.32 Å². The Kier molecular flexibility index (Phi) is 2.76. The minimum absolute atomic E-state index is 0.0412. The number of nitrogens with zero attached hydrogens (tertiary/aromatic N) is 1. The molecule has 82 valence electrons. The average Bonchev–Trinajstić information content (AvgIpc) is 2.22. The minimum atomic E-state index is -0.758. The first-order valence-electron chi connectivity index (χ1n) is 4.50. The summed E-state index contributed by atoms with van der Waals surface area (Å²) < 4.78 is 38.5. The highest BCUT2D eigenvalue weighted by Gasteiger charge is 2.04. The van der Waals surface area contributed by atoms with E-state index in [0.717, 1.165) is 12.1 Å². The molecule has 0 atom stereocenters. The standard InChI is InChI=1S/C11H7F3N2/c12-7-4-5-9(8(13)6-7)15-11-3-1-2-10(14)16-11/h1-6H,(H,15,16). The molecule has 16 heavy (non-hydrogen) atoms. The van der Waals surface area contributed by atoms with E-state index in [9.17, 15) is 13.2 Å². The zero-order chi connectivity index (χ0) is 11.5. The predicted molar refractivity (Wildman–Crippen MR) is 53.8 cm³/mol. The Hall–Kier alpha value is -2.04. The van der Waals surface area contributed by atoms with E-state index < -0.39 is 17.6 Å². The van der Waals surface area contributed by atoms with E-state index >= 15 is 0 Å². The number of pyridine rings is 1. The lowest BCUT2D eigenvalue weighted by Crippen LogP contribution is -1.97. The van der Waals surface area contributed by atoms with Gasteiger partial charge in [-0.3, -0.25) is 0 Å². The Bertz CT molecular complexity index is 514.